The van der Waals surface area contributed by atoms with Crippen molar-refractivity contribution in [3.63, 3.8) is 0 Å². The number of nitrogens with one attached hydrogen (secondary N) is 1. The van der Waals surface area contributed by atoms with Crippen LogP contribution in [-0.2, 0) is 16.6 Å². The molecule has 4 rings (SSSR count). The lowest BCUT2D eigenvalue weighted by atomic mass is 10.2. The Balaban J connectivity index is 1.51. The van der Waals surface area contributed by atoms with Crippen LogP contribution in [0.15, 0.2) is 58.3 Å². The van der Waals surface area contributed by atoms with E-state index in [0.717, 1.165) is 25.0 Å². The minimum absolute atomic E-state index is 0.0463. The normalized spacial score (nSPS) is 14.6. The van der Waals surface area contributed by atoms with Crippen LogP contribution in [0.4, 0.5) is 5.69 Å². The topological polar surface area (TPSA) is 97.8 Å². The fourth-order valence-corrected chi connectivity index (χ4v) is 5.84. The van der Waals surface area contributed by atoms with Crippen LogP contribution in [-0.4, -0.2) is 43.8 Å². The molecule has 33 heavy (non-hydrogen) atoms. The van der Waals surface area contributed by atoms with Crippen LogP contribution in [0.3, 0.4) is 0 Å². The van der Waals surface area contributed by atoms with E-state index in [1.54, 1.807) is 41.9 Å². The third kappa shape index (κ3) is 5.52. The van der Waals surface area contributed by atoms with E-state index in [2.05, 4.69) is 10.3 Å². The minimum atomic E-state index is -3.73. The largest absolute Gasteiger partial charge is 0.495 e. The summed E-state index contributed by atoms with van der Waals surface area (Å²) in [5.74, 6) is 0.412. The average Bonchev–Trinajstić information content (AvgIpc) is 3.37. The summed E-state index contributed by atoms with van der Waals surface area (Å²) in [6, 6.07) is 11.4. The molecule has 2 heterocycles. The highest BCUT2D eigenvalue weighted by molar-refractivity contribution is 7.89. The highest BCUT2D eigenvalue weighted by Gasteiger charge is 2.29. The summed E-state index contributed by atoms with van der Waals surface area (Å²) in [6.45, 7) is 1.27. The monoisotopic (exact) mass is 487 g/mol. The van der Waals surface area contributed by atoms with Gasteiger partial charge in [-0.05, 0) is 49.2 Å². The van der Waals surface area contributed by atoms with Gasteiger partial charge in [-0.15, -0.1) is 11.3 Å². The number of amides is 1. The molecular formula is C23H25N3O5S2. The van der Waals surface area contributed by atoms with Crippen molar-refractivity contribution in [2.45, 2.75) is 30.8 Å². The van der Waals surface area contributed by atoms with Crippen molar-refractivity contribution in [1.29, 1.82) is 0 Å². The van der Waals surface area contributed by atoms with Crippen molar-refractivity contribution in [2.24, 2.45) is 0 Å². The van der Waals surface area contributed by atoms with Crippen LogP contribution < -0.4 is 14.8 Å². The molecule has 1 aliphatic rings. The molecule has 8 nitrogen and oxygen atoms in total. The molecule has 1 saturated heterocycles. The molecule has 0 radical (unpaired) electrons. The van der Waals surface area contributed by atoms with Gasteiger partial charge in [0.05, 0.1) is 18.3 Å². The molecule has 0 atom stereocenters. The number of ether oxygens (including phenoxy) is 2. The Morgan fingerprint density at radius 1 is 1.15 bits per heavy atom. The third-order valence-electron chi connectivity index (χ3n) is 5.32. The van der Waals surface area contributed by atoms with E-state index in [4.69, 9.17) is 9.47 Å². The Kier molecular flexibility index (Phi) is 7.26. The van der Waals surface area contributed by atoms with Crippen molar-refractivity contribution < 1.29 is 22.7 Å². The van der Waals surface area contributed by atoms with E-state index in [-0.39, 0.29) is 16.6 Å². The van der Waals surface area contributed by atoms with E-state index in [1.165, 1.54) is 28.8 Å². The lowest BCUT2D eigenvalue weighted by molar-refractivity contribution is 0.102. The van der Waals surface area contributed by atoms with Gasteiger partial charge in [0.15, 0.2) is 0 Å². The molecule has 0 saturated carbocycles. The van der Waals surface area contributed by atoms with Gasteiger partial charge in [0, 0.05) is 29.7 Å². The molecule has 1 aliphatic heterocycles. The second-order valence-corrected chi connectivity index (χ2v) is 10.2. The number of hydrogen-bond acceptors (Lipinski definition) is 7. The summed E-state index contributed by atoms with van der Waals surface area (Å²) < 4.78 is 38.9. The zero-order valence-electron chi connectivity index (χ0n) is 18.2. The number of hydrogen-bond donors (Lipinski definition) is 1. The lowest BCUT2D eigenvalue weighted by Crippen LogP contribution is -2.35. The fraction of sp³-hybridized carbons (Fsp3) is 0.304. The first kappa shape index (κ1) is 23.2. The van der Waals surface area contributed by atoms with Crippen LogP contribution in [0.2, 0.25) is 0 Å². The van der Waals surface area contributed by atoms with Crippen molar-refractivity contribution in [3.8, 4) is 11.5 Å². The number of sulfonamides is 1. The molecule has 0 bridgehead atoms. The van der Waals surface area contributed by atoms with Gasteiger partial charge in [0.2, 0.25) is 10.0 Å². The molecule has 10 heteroatoms. The molecule has 2 aromatic carbocycles. The summed E-state index contributed by atoms with van der Waals surface area (Å²) in [5.41, 5.74) is 3.31. The summed E-state index contributed by atoms with van der Waals surface area (Å²) in [4.78, 5) is 17.1. The Morgan fingerprint density at radius 2 is 1.97 bits per heavy atom. The number of rotatable bonds is 8. The van der Waals surface area contributed by atoms with Crippen LogP contribution in [0, 0.1) is 0 Å². The van der Waals surface area contributed by atoms with E-state index >= 15 is 0 Å². The predicted molar refractivity (Wildman–Crippen MR) is 126 cm³/mol. The van der Waals surface area contributed by atoms with E-state index in [9.17, 15) is 13.2 Å². The van der Waals surface area contributed by atoms with Gasteiger partial charge >= 0.3 is 0 Å². The molecule has 1 N–H and O–H groups in total. The maximum Gasteiger partial charge on any atom is 0.255 e. The van der Waals surface area contributed by atoms with Crippen molar-refractivity contribution in [3.05, 3.63) is 64.6 Å². The number of anilines is 1. The Hall–Kier alpha value is -2.95. The Bertz CT molecular complexity index is 1210. The van der Waals surface area contributed by atoms with Gasteiger partial charge < -0.3 is 14.8 Å². The summed E-state index contributed by atoms with van der Waals surface area (Å²) in [7, 11) is -2.30. The summed E-state index contributed by atoms with van der Waals surface area (Å²) in [5, 5.41) is 4.68. The summed E-state index contributed by atoms with van der Waals surface area (Å²) in [6.07, 6.45) is 2.68. The lowest BCUT2D eigenvalue weighted by Gasteiger charge is -2.26. The molecule has 0 unspecified atom stereocenters. The molecule has 174 valence electrons. The Morgan fingerprint density at radius 3 is 2.70 bits per heavy atom. The van der Waals surface area contributed by atoms with Crippen LogP contribution in [0.1, 0.15) is 35.3 Å². The maximum atomic E-state index is 13.2. The number of nitrogens with zero attached hydrogens (tertiary/aromatic N) is 2. The zero-order chi connectivity index (χ0) is 23.3. The molecule has 0 spiro atoms. The van der Waals surface area contributed by atoms with E-state index in [0.29, 0.717) is 36.7 Å². The van der Waals surface area contributed by atoms with Gasteiger partial charge in [-0.25, -0.2) is 13.4 Å². The predicted octanol–water partition coefficient (Wildman–Crippen LogP) is 4.16. The molecule has 0 aliphatic carbocycles. The highest BCUT2D eigenvalue weighted by atomic mass is 32.2. The first-order valence-corrected chi connectivity index (χ1v) is 12.9. The van der Waals surface area contributed by atoms with E-state index in [1.807, 2.05) is 5.38 Å². The number of carbonyl (C=O) groups excluding carboxylic acids is 1. The average molecular weight is 488 g/mol. The van der Waals surface area contributed by atoms with Crippen LogP contribution in [0.25, 0.3) is 0 Å². The minimum Gasteiger partial charge on any atom is -0.495 e. The number of benzene rings is 2. The first-order chi connectivity index (χ1) is 16.0. The number of piperidine rings is 1. The molecule has 3 aromatic rings. The van der Waals surface area contributed by atoms with Crippen molar-refractivity contribution in [2.75, 3.05) is 25.5 Å². The SMILES string of the molecule is COc1ccc(NC(=O)c2cccc(OCc3cscn3)c2)cc1S(=O)(=O)N1CCCCC1. The zero-order valence-corrected chi connectivity index (χ0v) is 19.8. The second kappa shape index (κ2) is 10.3. The fourth-order valence-electron chi connectivity index (χ4n) is 3.60. The number of carbonyl (C=O) groups is 1. The van der Waals surface area contributed by atoms with Crippen LogP contribution in [0.5, 0.6) is 11.5 Å². The number of thiazole rings is 1. The van der Waals surface area contributed by atoms with Crippen LogP contribution >= 0.6 is 11.3 Å². The number of methoxy groups -OCH3 is 1. The quantitative estimate of drug-likeness (QED) is 0.512. The third-order valence-corrected chi connectivity index (χ3v) is 7.88. The van der Waals surface area contributed by atoms with Gasteiger partial charge in [0.1, 0.15) is 23.0 Å². The molecule has 1 aromatic heterocycles. The van der Waals surface area contributed by atoms with E-state index < -0.39 is 10.0 Å². The second-order valence-electron chi connectivity index (χ2n) is 7.58. The molecular weight excluding hydrogens is 462 g/mol. The highest BCUT2D eigenvalue weighted by Crippen LogP contribution is 2.31. The maximum absolute atomic E-state index is 13.2. The standard InChI is InChI=1S/C23H25N3O5S2/c1-30-21-9-8-18(13-22(21)33(28,29)26-10-3-2-4-11-26)25-23(27)17-6-5-7-20(12-17)31-14-19-15-32-16-24-19/h5-9,12-13,15-16H,2-4,10-11,14H2,1H3,(H,25,27). The van der Waals surface area contributed by atoms with Crippen molar-refractivity contribution in [1.82, 2.24) is 9.29 Å². The molecule has 1 fully saturated rings. The van der Waals surface area contributed by atoms with Gasteiger partial charge in [-0.1, -0.05) is 12.5 Å². The van der Waals surface area contributed by atoms with Crippen molar-refractivity contribution >= 4 is 33.0 Å². The Labute approximate surface area is 197 Å². The first-order valence-electron chi connectivity index (χ1n) is 10.6. The number of aromatic nitrogens is 1. The van der Waals surface area contributed by atoms with Gasteiger partial charge in [-0.3, -0.25) is 4.79 Å². The van der Waals surface area contributed by atoms with Gasteiger partial charge in [0.25, 0.3) is 5.91 Å². The van der Waals surface area contributed by atoms with Gasteiger partial charge in [-0.2, -0.15) is 4.31 Å². The smallest absolute Gasteiger partial charge is 0.255 e. The summed E-state index contributed by atoms with van der Waals surface area (Å²) >= 11 is 1.49. The molecule has 1 amide bonds.